The largest absolute Gasteiger partial charge is 0.374 e. The Morgan fingerprint density at radius 2 is 2.21 bits per heavy atom. The van der Waals surface area contributed by atoms with E-state index < -0.39 is 5.82 Å². The Balaban J connectivity index is 2.62. The molecule has 0 saturated carbocycles. The average Bonchev–Trinajstić information content (AvgIpc) is 2.37. The van der Waals surface area contributed by atoms with Crippen molar-refractivity contribution in [3.63, 3.8) is 0 Å². The summed E-state index contributed by atoms with van der Waals surface area (Å²) in [5, 5.41) is 2.80. The molecule has 1 N–H and O–H groups in total. The summed E-state index contributed by atoms with van der Waals surface area (Å²) in [6.07, 6.45) is 0. The highest BCUT2D eigenvalue weighted by Crippen LogP contribution is 2.21. The molecule has 0 radical (unpaired) electrons. The summed E-state index contributed by atoms with van der Waals surface area (Å²) in [6, 6.07) is 4.64. The smallest absolute Gasteiger partial charge is 0.242 e. The van der Waals surface area contributed by atoms with Gasteiger partial charge in [0.25, 0.3) is 0 Å². The molecule has 0 aromatic heterocycles. The van der Waals surface area contributed by atoms with Crippen molar-refractivity contribution in [3.8, 4) is 0 Å². The van der Waals surface area contributed by atoms with Crippen LogP contribution in [0.25, 0.3) is 0 Å². The van der Waals surface area contributed by atoms with Crippen molar-refractivity contribution >= 4 is 23.2 Å². The third-order valence-corrected chi connectivity index (χ3v) is 2.87. The maximum Gasteiger partial charge on any atom is 0.242 e. The Kier molecular flexibility index (Phi) is 5.83. The lowest BCUT2D eigenvalue weighted by Gasteiger charge is -2.21. The second-order valence-corrected chi connectivity index (χ2v) is 4.73. The lowest BCUT2D eigenvalue weighted by molar-refractivity contribution is -0.128. The van der Waals surface area contributed by atoms with E-state index in [-0.39, 0.29) is 23.2 Å². The number of hydrogen-bond acceptors (Lipinski definition) is 2. The first-order valence-corrected chi connectivity index (χ1v) is 6.43. The van der Waals surface area contributed by atoms with Gasteiger partial charge in [-0.1, -0.05) is 29.8 Å². The molecule has 0 saturated heterocycles. The van der Waals surface area contributed by atoms with Gasteiger partial charge in [-0.2, -0.15) is 0 Å². The molecule has 0 unspecified atom stereocenters. The number of nitrogens with zero attached hydrogens (tertiary/aromatic N) is 1. The molecule has 0 aliphatic carbocycles. The van der Waals surface area contributed by atoms with Crippen molar-refractivity contribution in [2.45, 2.75) is 13.8 Å². The van der Waals surface area contributed by atoms with Gasteiger partial charge < -0.3 is 10.2 Å². The number of rotatable bonds is 6. The molecular formula is C14H18ClFN2O. The van der Waals surface area contributed by atoms with E-state index in [0.29, 0.717) is 13.1 Å². The normalized spacial score (nSPS) is 10.1. The summed E-state index contributed by atoms with van der Waals surface area (Å²) in [6.45, 7) is 8.65. The van der Waals surface area contributed by atoms with Gasteiger partial charge in [0.2, 0.25) is 5.91 Å². The molecule has 19 heavy (non-hydrogen) atoms. The minimum absolute atomic E-state index is 0.0262. The quantitative estimate of drug-likeness (QED) is 0.813. The third-order valence-electron chi connectivity index (χ3n) is 2.58. The Hall–Kier alpha value is -1.55. The van der Waals surface area contributed by atoms with Crippen LogP contribution >= 0.6 is 11.6 Å². The van der Waals surface area contributed by atoms with E-state index >= 15 is 0 Å². The zero-order valence-corrected chi connectivity index (χ0v) is 11.9. The van der Waals surface area contributed by atoms with Gasteiger partial charge in [0, 0.05) is 13.1 Å². The zero-order chi connectivity index (χ0) is 14.4. The first-order chi connectivity index (χ1) is 8.95. The van der Waals surface area contributed by atoms with Crippen molar-refractivity contribution < 1.29 is 9.18 Å². The van der Waals surface area contributed by atoms with E-state index in [1.807, 2.05) is 13.8 Å². The van der Waals surface area contributed by atoms with Gasteiger partial charge in [0.05, 0.1) is 17.3 Å². The fraction of sp³-hybridized carbons (Fsp3) is 0.357. The Morgan fingerprint density at radius 1 is 1.53 bits per heavy atom. The van der Waals surface area contributed by atoms with Crippen LogP contribution in [0.2, 0.25) is 5.02 Å². The summed E-state index contributed by atoms with van der Waals surface area (Å²) in [4.78, 5) is 13.6. The molecule has 0 heterocycles. The molecule has 3 nitrogen and oxygen atoms in total. The van der Waals surface area contributed by atoms with Gasteiger partial charge in [-0.25, -0.2) is 4.39 Å². The third kappa shape index (κ3) is 4.56. The highest BCUT2D eigenvalue weighted by atomic mass is 35.5. The average molecular weight is 285 g/mol. The second-order valence-electron chi connectivity index (χ2n) is 4.32. The summed E-state index contributed by atoms with van der Waals surface area (Å²) in [7, 11) is 0. The minimum atomic E-state index is -0.542. The number of hydrogen-bond donors (Lipinski definition) is 1. The number of anilines is 1. The van der Waals surface area contributed by atoms with Crippen LogP contribution in [0.4, 0.5) is 10.1 Å². The summed E-state index contributed by atoms with van der Waals surface area (Å²) in [5.41, 5.74) is 1.14. The molecule has 0 bridgehead atoms. The van der Waals surface area contributed by atoms with Crippen molar-refractivity contribution in [1.29, 1.82) is 0 Å². The molecule has 0 fully saturated rings. The number of nitrogens with one attached hydrogen (secondary N) is 1. The standard InChI is InChI=1S/C14H18ClFN2O/c1-4-18(9-10(2)3)13(19)8-17-12-7-5-6-11(15)14(12)16/h5-7,17H,2,4,8-9H2,1,3H3. The molecule has 1 rings (SSSR count). The van der Waals surface area contributed by atoms with Crippen LogP contribution in [-0.2, 0) is 4.79 Å². The molecule has 104 valence electrons. The Bertz CT molecular complexity index is 477. The molecule has 0 atom stereocenters. The highest BCUT2D eigenvalue weighted by Gasteiger charge is 2.12. The number of likely N-dealkylation sites (N-methyl/N-ethyl adjacent to an activating group) is 1. The van der Waals surface area contributed by atoms with Gasteiger partial charge in [0.15, 0.2) is 5.82 Å². The lowest BCUT2D eigenvalue weighted by atomic mass is 10.3. The number of carbonyl (C=O) groups excluding carboxylic acids is 1. The number of carbonyl (C=O) groups is 1. The SMILES string of the molecule is C=C(C)CN(CC)C(=O)CNc1cccc(Cl)c1F. The summed E-state index contributed by atoms with van der Waals surface area (Å²) < 4.78 is 13.6. The van der Waals surface area contributed by atoms with E-state index in [4.69, 9.17) is 11.6 Å². The minimum Gasteiger partial charge on any atom is -0.374 e. The number of benzene rings is 1. The van der Waals surface area contributed by atoms with Crippen LogP contribution in [-0.4, -0.2) is 30.4 Å². The van der Waals surface area contributed by atoms with Crippen LogP contribution in [0.15, 0.2) is 30.4 Å². The number of amides is 1. The predicted octanol–water partition coefficient (Wildman–Crippen LogP) is 3.32. The van der Waals surface area contributed by atoms with Crippen LogP contribution in [0.1, 0.15) is 13.8 Å². The van der Waals surface area contributed by atoms with Gasteiger partial charge >= 0.3 is 0 Å². The molecule has 0 spiro atoms. The first kappa shape index (κ1) is 15.5. The zero-order valence-electron chi connectivity index (χ0n) is 11.2. The van der Waals surface area contributed by atoms with Crippen LogP contribution in [0.5, 0.6) is 0 Å². The van der Waals surface area contributed by atoms with Gasteiger partial charge in [-0.15, -0.1) is 0 Å². The monoisotopic (exact) mass is 284 g/mol. The molecule has 0 aliphatic heterocycles. The predicted molar refractivity (Wildman–Crippen MR) is 77.0 cm³/mol. The van der Waals surface area contributed by atoms with E-state index in [0.717, 1.165) is 5.57 Å². The summed E-state index contributed by atoms with van der Waals surface area (Å²) in [5.74, 6) is -0.648. The van der Waals surface area contributed by atoms with Gasteiger partial charge in [-0.3, -0.25) is 4.79 Å². The van der Waals surface area contributed by atoms with E-state index in [2.05, 4.69) is 11.9 Å². The number of halogens is 2. The van der Waals surface area contributed by atoms with Crippen LogP contribution in [0, 0.1) is 5.82 Å². The highest BCUT2D eigenvalue weighted by molar-refractivity contribution is 6.31. The molecule has 1 aromatic rings. The molecule has 0 aliphatic rings. The van der Waals surface area contributed by atoms with E-state index in [1.54, 1.807) is 17.0 Å². The van der Waals surface area contributed by atoms with Crippen molar-refractivity contribution in [1.82, 2.24) is 4.90 Å². The molecular weight excluding hydrogens is 267 g/mol. The maximum atomic E-state index is 13.6. The van der Waals surface area contributed by atoms with Crippen molar-refractivity contribution in [2.75, 3.05) is 25.0 Å². The van der Waals surface area contributed by atoms with Crippen LogP contribution in [0.3, 0.4) is 0 Å². The fourth-order valence-electron chi connectivity index (χ4n) is 1.63. The summed E-state index contributed by atoms with van der Waals surface area (Å²) >= 11 is 5.67. The Morgan fingerprint density at radius 3 is 2.79 bits per heavy atom. The topological polar surface area (TPSA) is 32.3 Å². The molecule has 5 heteroatoms. The van der Waals surface area contributed by atoms with Gasteiger partial charge in [0.1, 0.15) is 0 Å². The van der Waals surface area contributed by atoms with Crippen molar-refractivity contribution in [2.24, 2.45) is 0 Å². The Labute approximate surface area is 118 Å². The van der Waals surface area contributed by atoms with E-state index in [9.17, 15) is 9.18 Å². The maximum absolute atomic E-state index is 13.6. The molecule has 1 aromatic carbocycles. The lowest BCUT2D eigenvalue weighted by Crippen LogP contribution is -2.36. The second kappa shape index (κ2) is 7.14. The first-order valence-electron chi connectivity index (χ1n) is 6.05. The van der Waals surface area contributed by atoms with Crippen LogP contribution < -0.4 is 5.32 Å². The fourth-order valence-corrected chi connectivity index (χ4v) is 1.80. The van der Waals surface area contributed by atoms with Crippen molar-refractivity contribution in [3.05, 3.63) is 41.2 Å². The van der Waals surface area contributed by atoms with Gasteiger partial charge in [-0.05, 0) is 26.0 Å². The molecule has 1 amide bonds. The van der Waals surface area contributed by atoms with E-state index in [1.165, 1.54) is 6.07 Å².